The van der Waals surface area contributed by atoms with E-state index in [1.54, 1.807) is 24.3 Å². The summed E-state index contributed by atoms with van der Waals surface area (Å²) >= 11 is 12.5. The summed E-state index contributed by atoms with van der Waals surface area (Å²) in [5, 5.41) is -0.855. The molecule has 0 nitrogen and oxygen atoms in total. The second-order valence-electron chi connectivity index (χ2n) is 3.70. The van der Waals surface area contributed by atoms with Crippen LogP contribution in [0.15, 0.2) is 45.3 Å². The van der Waals surface area contributed by atoms with Crippen molar-refractivity contribution in [1.82, 2.24) is 0 Å². The van der Waals surface area contributed by atoms with Crippen LogP contribution in [-0.2, 0) is 0 Å². The van der Waals surface area contributed by atoms with Gasteiger partial charge in [0.2, 0.25) is 0 Å². The molecule has 0 N–H and O–H groups in total. The van der Waals surface area contributed by atoms with E-state index in [0.29, 0.717) is 10.0 Å². The SMILES string of the molecule is Fc1cc(Br)cc(F)c1C(Cl)c1ccc(Br)cc1. The molecule has 0 aliphatic heterocycles. The van der Waals surface area contributed by atoms with Crippen LogP contribution in [0.2, 0.25) is 0 Å². The molecule has 94 valence electrons. The fraction of sp³-hybridized carbons (Fsp3) is 0.0769. The van der Waals surface area contributed by atoms with E-state index in [1.807, 2.05) is 0 Å². The number of hydrogen-bond donors (Lipinski definition) is 0. The zero-order valence-electron chi connectivity index (χ0n) is 8.93. The molecule has 1 atom stereocenters. The van der Waals surface area contributed by atoms with Gasteiger partial charge in [-0.15, -0.1) is 11.6 Å². The van der Waals surface area contributed by atoms with Gasteiger partial charge in [0, 0.05) is 14.5 Å². The van der Waals surface area contributed by atoms with Crippen molar-refractivity contribution in [3.05, 3.63) is 68.1 Å². The predicted molar refractivity (Wildman–Crippen MR) is 75.9 cm³/mol. The first-order chi connectivity index (χ1) is 8.49. The van der Waals surface area contributed by atoms with E-state index in [4.69, 9.17) is 11.6 Å². The standard InChI is InChI=1S/C13H7Br2ClF2/c14-8-3-1-7(2-4-8)13(16)12-10(17)5-9(15)6-11(12)18/h1-6,13H. The monoisotopic (exact) mass is 394 g/mol. The lowest BCUT2D eigenvalue weighted by Gasteiger charge is -2.13. The smallest absolute Gasteiger partial charge is 0.132 e. The highest BCUT2D eigenvalue weighted by Gasteiger charge is 2.20. The molecule has 0 fully saturated rings. The lowest BCUT2D eigenvalue weighted by Crippen LogP contribution is -2.01. The Morgan fingerprint density at radius 3 is 1.89 bits per heavy atom. The van der Waals surface area contributed by atoms with Gasteiger partial charge in [-0.05, 0) is 29.8 Å². The summed E-state index contributed by atoms with van der Waals surface area (Å²) < 4.78 is 28.8. The van der Waals surface area contributed by atoms with Gasteiger partial charge in [-0.1, -0.05) is 44.0 Å². The number of alkyl halides is 1. The average Bonchev–Trinajstić information content (AvgIpc) is 2.28. The number of hydrogen-bond acceptors (Lipinski definition) is 0. The fourth-order valence-electron chi connectivity index (χ4n) is 1.59. The van der Waals surface area contributed by atoms with Crippen molar-refractivity contribution in [1.29, 1.82) is 0 Å². The number of halogens is 5. The number of benzene rings is 2. The van der Waals surface area contributed by atoms with Crippen molar-refractivity contribution in [3.8, 4) is 0 Å². The lowest BCUT2D eigenvalue weighted by molar-refractivity contribution is 0.557. The second kappa shape index (κ2) is 5.68. The first-order valence-corrected chi connectivity index (χ1v) is 7.05. The summed E-state index contributed by atoms with van der Waals surface area (Å²) in [6, 6.07) is 9.41. The quantitative estimate of drug-likeness (QED) is 0.561. The molecule has 0 aromatic heterocycles. The van der Waals surface area contributed by atoms with Crippen LogP contribution in [0.4, 0.5) is 8.78 Å². The zero-order valence-corrected chi connectivity index (χ0v) is 12.9. The Labute approximate surface area is 125 Å². The third kappa shape index (κ3) is 2.92. The molecule has 18 heavy (non-hydrogen) atoms. The van der Waals surface area contributed by atoms with E-state index in [2.05, 4.69) is 31.9 Å². The van der Waals surface area contributed by atoms with Gasteiger partial charge in [-0.25, -0.2) is 8.78 Å². The summed E-state index contributed by atoms with van der Waals surface area (Å²) in [7, 11) is 0. The molecule has 1 unspecified atom stereocenters. The maximum Gasteiger partial charge on any atom is 0.132 e. The van der Waals surface area contributed by atoms with Crippen LogP contribution in [0.1, 0.15) is 16.5 Å². The minimum absolute atomic E-state index is 0.137. The highest BCUT2D eigenvalue weighted by Crippen LogP contribution is 2.34. The molecule has 0 spiro atoms. The molecule has 0 radical (unpaired) electrons. The Morgan fingerprint density at radius 2 is 1.39 bits per heavy atom. The van der Waals surface area contributed by atoms with E-state index >= 15 is 0 Å². The molecule has 2 rings (SSSR count). The molecule has 2 aromatic rings. The largest absolute Gasteiger partial charge is 0.206 e. The first-order valence-electron chi connectivity index (χ1n) is 5.03. The predicted octanol–water partition coefficient (Wildman–Crippen LogP) is 5.82. The Kier molecular flexibility index (Phi) is 4.41. The highest BCUT2D eigenvalue weighted by molar-refractivity contribution is 9.10. The summed E-state index contributed by atoms with van der Waals surface area (Å²) in [6.45, 7) is 0. The minimum Gasteiger partial charge on any atom is -0.206 e. The van der Waals surface area contributed by atoms with Crippen molar-refractivity contribution < 1.29 is 8.78 Å². The molecule has 0 saturated carbocycles. The van der Waals surface area contributed by atoms with E-state index in [1.165, 1.54) is 12.1 Å². The second-order valence-corrected chi connectivity index (χ2v) is 5.97. The van der Waals surface area contributed by atoms with Crippen molar-refractivity contribution >= 4 is 43.5 Å². The van der Waals surface area contributed by atoms with Crippen LogP contribution in [0.25, 0.3) is 0 Å². The third-order valence-corrected chi connectivity index (χ3v) is 3.92. The minimum atomic E-state index is -0.855. The molecule has 0 saturated heterocycles. The van der Waals surface area contributed by atoms with Crippen molar-refractivity contribution in [2.24, 2.45) is 0 Å². The number of rotatable bonds is 2. The molecule has 5 heteroatoms. The summed E-state index contributed by atoms with van der Waals surface area (Å²) in [5.41, 5.74) is 0.502. The van der Waals surface area contributed by atoms with E-state index < -0.39 is 17.0 Å². The van der Waals surface area contributed by atoms with Crippen molar-refractivity contribution in [2.45, 2.75) is 5.38 Å². The summed E-state index contributed by atoms with van der Waals surface area (Å²) in [6.07, 6.45) is 0. The van der Waals surface area contributed by atoms with Crippen LogP contribution < -0.4 is 0 Å². The third-order valence-electron chi connectivity index (χ3n) is 2.46. The van der Waals surface area contributed by atoms with Crippen molar-refractivity contribution in [3.63, 3.8) is 0 Å². The van der Waals surface area contributed by atoms with Crippen LogP contribution in [0.3, 0.4) is 0 Å². The van der Waals surface area contributed by atoms with E-state index in [9.17, 15) is 8.78 Å². The molecule has 0 bridgehead atoms. The van der Waals surface area contributed by atoms with Crippen molar-refractivity contribution in [2.75, 3.05) is 0 Å². The van der Waals surface area contributed by atoms with Gasteiger partial charge in [-0.2, -0.15) is 0 Å². The molecule has 0 aliphatic carbocycles. The van der Waals surface area contributed by atoms with E-state index in [0.717, 1.165) is 4.47 Å². The van der Waals surface area contributed by atoms with Crippen LogP contribution in [-0.4, -0.2) is 0 Å². The van der Waals surface area contributed by atoms with Crippen LogP contribution in [0, 0.1) is 11.6 Å². The Bertz CT molecular complexity index is 547. The topological polar surface area (TPSA) is 0 Å². The first kappa shape index (κ1) is 14.0. The molecule has 2 aromatic carbocycles. The maximum absolute atomic E-state index is 13.8. The van der Waals surface area contributed by atoms with Gasteiger partial charge in [-0.3, -0.25) is 0 Å². The summed E-state index contributed by atoms with van der Waals surface area (Å²) in [5.74, 6) is -1.32. The van der Waals surface area contributed by atoms with Gasteiger partial charge >= 0.3 is 0 Å². The average molecular weight is 396 g/mol. The van der Waals surface area contributed by atoms with Gasteiger partial charge in [0.25, 0.3) is 0 Å². The van der Waals surface area contributed by atoms with Crippen LogP contribution >= 0.6 is 43.5 Å². The maximum atomic E-state index is 13.8. The Morgan fingerprint density at radius 1 is 0.889 bits per heavy atom. The normalized spacial score (nSPS) is 12.5. The molecular weight excluding hydrogens is 389 g/mol. The fourth-order valence-corrected chi connectivity index (χ4v) is 2.61. The van der Waals surface area contributed by atoms with Gasteiger partial charge < -0.3 is 0 Å². The zero-order chi connectivity index (χ0) is 13.3. The van der Waals surface area contributed by atoms with Crippen LogP contribution in [0.5, 0.6) is 0 Å². The van der Waals surface area contributed by atoms with E-state index in [-0.39, 0.29) is 5.56 Å². The summed E-state index contributed by atoms with van der Waals surface area (Å²) in [4.78, 5) is 0. The molecule has 0 heterocycles. The molecule has 0 amide bonds. The van der Waals surface area contributed by atoms with Gasteiger partial charge in [0.15, 0.2) is 0 Å². The Balaban J connectivity index is 2.46. The lowest BCUT2D eigenvalue weighted by atomic mass is 10.0. The van der Waals surface area contributed by atoms with Gasteiger partial charge in [0.05, 0.1) is 5.38 Å². The Hall–Kier alpha value is -0.450. The molecular formula is C13H7Br2ClF2. The van der Waals surface area contributed by atoms with Gasteiger partial charge in [0.1, 0.15) is 11.6 Å². The highest BCUT2D eigenvalue weighted by atomic mass is 79.9. The molecule has 0 aliphatic rings.